The van der Waals surface area contributed by atoms with E-state index in [1.54, 1.807) is 6.07 Å². The summed E-state index contributed by atoms with van der Waals surface area (Å²) in [5.74, 6) is 0.919. The van der Waals surface area contributed by atoms with Crippen LogP contribution in [0.25, 0.3) is 0 Å². The van der Waals surface area contributed by atoms with Crippen molar-refractivity contribution in [2.24, 2.45) is 5.92 Å². The first-order chi connectivity index (χ1) is 9.47. The lowest BCUT2D eigenvalue weighted by Gasteiger charge is -2.09. The Morgan fingerprint density at radius 2 is 1.85 bits per heavy atom. The molecule has 4 nitrogen and oxygen atoms in total. The average molecular weight is 338 g/mol. The van der Waals surface area contributed by atoms with Crippen LogP contribution in [-0.2, 0) is 6.42 Å². The highest BCUT2D eigenvalue weighted by Crippen LogP contribution is 2.33. The smallest absolute Gasteiger partial charge is 0.404 e. The minimum atomic E-state index is -0.533. The molecule has 1 aromatic carbocycles. The lowest BCUT2D eigenvalue weighted by molar-refractivity contribution is -0.402. The monoisotopic (exact) mass is 337 g/mol. The third-order valence-electron chi connectivity index (χ3n) is 2.96. The second kappa shape index (κ2) is 6.22. The van der Waals surface area contributed by atoms with Crippen molar-refractivity contribution < 1.29 is 9.34 Å². The van der Waals surface area contributed by atoms with Crippen LogP contribution in [0.3, 0.4) is 0 Å². The molecule has 0 amide bonds. The molecule has 0 saturated carbocycles. The van der Waals surface area contributed by atoms with Crippen molar-refractivity contribution in [3.8, 4) is 0 Å². The molecule has 20 heavy (non-hydrogen) atoms. The van der Waals surface area contributed by atoms with Gasteiger partial charge in [-0.1, -0.05) is 54.0 Å². The molecule has 1 heterocycles. The highest BCUT2D eigenvalue weighted by Gasteiger charge is 2.19. The number of rotatable bonds is 5. The van der Waals surface area contributed by atoms with Crippen molar-refractivity contribution in [3.63, 3.8) is 0 Å². The minimum absolute atomic E-state index is 0.177. The molecule has 0 spiro atoms. The second-order valence-electron chi connectivity index (χ2n) is 5.14. The van der Waals surface area contributed by atoms with Crippen LogP contribution in [-0.4, -0.2) is 4.92 Å². The number of halogens is 1. The summed E-state index contributed by atoms with van der Waals surface area (Å²) < 4.78 is 5.21. The summed E-state index contributed by atoms with van der Waals surface area (Å²) in [6.07, 6.45) is 1.04. The van der Waals surface area contributed by atoms with Crippen molar-refractivity contribution in [1.29, 1.82) is 0 Å². The van der Waals surface area contributed by atoms with Gasteiger partial charge in [-0.3, -0.25) is 10.1 Å². The summed E-state index contributed by atoms with van der Waals surface area (Å²) in [6, 6.07) is 11.2. The lowest BCUT2D eigenvalue weighted by atomic mass is 10.0. The standard InChI is InChI=1S/C15H16BrNO3/c1-10(2)9-11-3-5-12(6-4-11)15(16)13-7-8-14(20-13)17(18)19/h3-8,10,15H,9H2,1-2H3. The predicted octanol–water partition coefficient (Wildman–Crippen LogP) is 4.87. The summed E-state index contributed by atoms with van der Waals surface area (Å²) in [7, 11) is 0. The highest BCUT2D eigenvalue weighted by molar-refractivity contribution is 9.09. The number of furan rings is 1. The first-order valence-corrected chi connectivity index (χ1v) is 7.36. The van der Waals surface area contributed by atoms with E-state index in [4.69, 9.17) is 4.42 Å². The molecular formula is C15H16BrNO3. The first kappa shape index (κ1) is 14.8. The Hall–Kier alpha value is -1.62. The van der Waals surface area contributed by atoms with Gasteiger partial charge in [-0.25, -0.2) is 0 Å². The van der Waals surface area contributed by atoms with Gasteiger partial charge in [0.2, 0.25) is 0 Å². The van der Waals surface area contributed by atoms with E-state index in [0.29, 0.717) is 11.7 Å². The molecule has 106 valence electrons. The van der Waals surface area contributed by atoms with Crippen LogP contribution in [0.15, 0.2) is 40.8 Å². The van der Waals surface area contributed by atoms with Crippen LogP contribution in [0.4, 0.5) is 5.88 Å². The van der Waals surface area contributed by atoms with Crippen LogP contribution in [0.1, 0.15) is 35.6 Å². The lowest BCUT2D eigenvalue weighted by Crippen LogP contribution is -1.95. The number of hydrogen-bond acceptors (Lipinski definition) is 3. The van der Waals surface area contributed by atoms with Crippen molar-refractivity contribution in [1.82, 2.24) is 0 Å². The molecule has 5 heteroatoms. The Bertz CT molecular complexity index is 589. The van der Waals surface area contributed by atoms with Crippen molar-refractivity contribution in [2.75, 3.05) is 0 Å². The largest absolute Gasteiger partial charge is 0.433 e. The third-order valence-corrected chi connectivity index (χ3v) is 3.94. The Kier molecular flexibility index (Phi) is 4.60. The quantitative estimate of drug-likeness (QED) is 0.444. The topological polar surface area (TPSA) is 56.3 Å². The van der Waals surface area contributed by atoms with E-state index in [2.05, 4.69) is 41.9 Å². The Morgan fingerprint density at radius 3 is 2.35 bits per heavy atom. The molecule has 0 saturated heterocycles. The van der Waals surface area contributed by atoms with Gasteiger partial charge in [0.25, 0.3) is 0 Å². The second-order valence-corrected chi connectivity index (χ2v) is 6.05. The van der Waals surface area contributed by atoms with Gasteiger partial charge in [0.1, 0.15) is 10.7 Å². The summed E-state index contributed by atoms with van der Waals surface area (Å²) in [6.45, 7) is 4.37. The van der Waals surface area contributed by atoms with E-state index in [1.807, 2.05) is 12.1 Å². The molecule has 0 N–H and O–H groups in total. The van der Waals surface area contributed by atoms with E-state index in [1.165, 1.54) is 11.6 Å². The molecule has 1 atom stereocenters. The summed E-state index contributed by atoms with van der Waals surface area (Å²) in [4.78, 5) is 9.91. The van der Waals surface area contributed by atoms with Gasteiger partial charge in [0.15, 0.2) is 0 Å². The number of alkyl halides is 1. The van der Waals surface area contributed by atoms with Crippen molar-refractivity contribution in [2.45, 2.75) is 25.1 Å². The SMILES string of the molecule is CC(C)Cc1ccc(C(Br)c2ccc([N+](=O)[O-])o2)cc1. The maximum absolute atomic E-state index is 10.6. The number of hydrogen-bond donors (Lipinski definition) is 0. The molecule has 0 aliphatic rings. The maximum Gasteiger partial charge on any atom is 0.433 e. The van der Waals surface area contributed by atoms with Crippen LogP contribution in [0.2, 0.25) is 0 Å². The van der Waals surface area contributed by atoms with E-state index in [9.17, 15) is 10.1 Å². The normalized spacial score (nSPS) is 12.6. The van der Waals surface area contributed by atoms with Gasteiger partial charge in [-0.2, -0.15) is 0 Å². The van der Waals surface area contributed by atoms with Crippen LogP contribution in [0.5, 0.6) is 0 Å². The molecule has 0 fully saturated rings. The first-order valence-electron chi connectivity index (χ1n) is 6.44. The Labute approximate surface area is 126 Å². The van der Waals surface area contributed by atoms with Crippen molar-refractivity contribution in [3.05, 3.63) is 63.4 Å². The molecular weight excluding hydrogens is 322 g/mol. The molecule has 0 bridgehead atoms. The fourth-order valence-electron chi connectivity index (χ4n) is 2.03. The highest BCUT2D eigenvalue weighted by atomic mass is 79.9. The van der Waals surface area contributed by atoms with E-state index >= 15 is 0 Å². The third kappa shape index (κ3) is 3.48. The number of nitro groups is 1. The van der Waals surface area contributed by atoms with Gasteiger partial charge in [-0.15, -0.1) is 0 Å². The molecule has 2 aromatic rings. The zero-order chi connectivity index (χ0) is 14.7. The Morgan fingerprint density at radius 1 is 1.20 bits per heavy atom. The van der Waals surface area contributed by atoms with E-state index in [-0.39, 0.29) is 10.7 Å². The van der Waals surface area contributed by atoms with E-state index in [0.717, 1.165) is 12.0 Å². The average Bonchev–Trinajstić information content (AvgIpc) is 2.88. The zero-order valence-electron chi connectivity index (χ0n) is 11.4. The van der Waals surface area contributed by atoms with Gasteiger partial charge in [-0.05, 0) is 29.5 Å². The van der Waals surface area contributed by atoms with Crippen LogP contribution < -0.4 is 0 Å². The van der Waals surface area contributed by atoms with Gasteiger partial charge >= 0.3 is 5.88 Å². The summed E-state index contributed by atoms with van der Waals surface area (Å²) in [5.41, 5.74) is 2.30. The minimum Gasteiger partial charge on any atom is -0.404 e. The maximum atomic E-state index is 10.6. The van der Waals surface area contributed by atoms with Gasteiger partial charge in [0, 0.05) is 0 Å². The molecule has 0 radical (unpaired) electrons. The molecule has 1 unspecified atom stereocenters. The summed E-state index contributed by atoms with van der Waals surface area (Å²) in [5, 5.41) is 10.6. The zero-order valence-corrected chi connectivity index (χ0v) is 13.0. The number of benzene rings is 1. The Balaban J connectivity index is 2.15. The molecule has 1 aromatic heterocycles. The van der Waals surface area contributed by atoms with E-state index < -0.39 is 4.92 Å². The van der Waals surface area contributed by atoms with Crippen LogP contribution in [0, 0.1) is 16.0 Å². The van der Waals surface area contributed by atoms with Crippen LogP contribution >= 0.6 is 15.9 Å². The van der Waals surface area contributed by atoms with Gasteiger partial charge < -0.3 is 4.42 Å². The fraction of sp³-hybridized carbons (Fsp3) is 0.333. The van der Waals surface area contributed by atoms with Crippen molar-refractivity contribution >= 4 is 21.8 Å². The predicted molar refractivity (Wildman–Crippen MR) is 81.1 cm³/mol. The fourth-order valence-corrected chi connectivity index (χ4v) is 2.59. The number of nitrogens with zero attached hydrogens (tertiary/aromatic N) is 1. The molecule has 0 aliphatic carbocycles. The molecule has 2 rings (SSSR count). The summed E-state index contributed by atoms with van der Waals surface area (Å²) >= 11 is 3.52. The van der Waals surface area contributed by atoms with Gasteiger partial charge in [0.05, 0.1) is 10.9 Å². The molecule has 0 aliphatic heterocycles.